The molecule has 0 aliphatic heterocycles. The van der Waals surface area contributed by atoms with Crippen LogP contribution in [0.1, 0.15) is 5.82 Å². The van der Waals surface area contributed by atoms with Gasteiger partial charge < -0.3 is 15.8 Å². The van der Waals surface area contributed by atoms with Crippen molar-refractivity contribution < 1.29 is 4.74 Å². The van der Waals surface area contributed by atoms with E-state index in [0.29, 0.717) is 34.9 Å². The lowest BCUT2D eigenvalue weighted by molar-refractivity contribution is 0.344. The van der Waals surface area contributed by atoms with Crippen LogP contribution >= 0.6 is 23.4 Å². The first-order valence-corrected chi connectivity index (χ1v) is 9.51. The normalized spacial score (nSPS) is 10.5. The van der Waals surface area contributed by atoms with Crippen LogP contribution in [0.25, 0.3) is 0 Å². The molecule has 0 spiro atoms. The van der Waals surface area contributed by atoms with E-state index in [-0.39, 0.29) is 5.95 Å². The number of halogens is 1. The van der Waals surface area contributed by atoms with E-state index >= 15 is 0 Å². The van der Waals surface area contributed by atoms with Crippen LogP contribution in [0.2, 0.25) is 5.02 Å². The van der Waals surface area contributed by atoms with Gasteiger partial charge in [-0.25, -0.2) is 0 Å². The summed E-state index contributed by atoms with van der Waals surface area (Å²) < 4.78 is 5.66. The van der Waals surface area contributed by atoms with Crippen molar-refractivity contribution in [3.63, 3.8) is 0 Å². The number of ether oxygens (including phenoxy) is 1. The van der Waals surface area contributed by atoms with E-state index < -0.39 is 0 Å². The summed E-state index contributed by atoms with van der Waals surface area (Å²) in [4.78, 5) is 12.7. The average molecular weight is 388 g/mol. The van der Waals surface area contributed by atoms with Gasteiger partial charge in [0.15, 0.2) is 0 Å². The van der Waals surface area contributed by atoms with E-state index in [1.54, 1.807) is 17.8 Å². The molecule has 6 nitrogen and oxygen atoms in total. The zero-order valence-electron chi connectivity index (χ0n) is 13.9. The fourth-order valence-corrected chi connectivity index (χ4v) is 2.99. The SMILES string of the molecule is Nc1nc(CSCCOc2ccccc2Cl)nc(Nc2ccccc2)n1. The van der Waals surface area contributed by atoms with Crippen molar-refractivity contribution in [1.29, 1.82) is 0 Å². The molecule has 0 aliphatic carbocycles. The van der Waals surface area contributed by atoms with Crippen LogP contribution in [0.5, 0.6) is 5.75 Å². The van der Waals surface area contributed by atoms with Gasteiger partial charge in [-0.05, 0) is 24.3 Å². The Bertz CT molecular complexity index is 850. The minimum atomic E-state index is 0.196. The number of rotatable bonds is 8. The van der Waals surface area contributed by atoms with Crippen molar-refractivity contribution in [2.24, 2.45) is 0 Å². The molecular weight excluding hydrogens is 370 g/mol. The predicted octanol–water partition coefficient (Wildman–Crippen LogP) is 4.16. The molecule has 2 aromatic carbocycles. The third-order valence-electron chi connectivity index (χ3n) is 3.28. The molecule has 0 amide bonds. The number of hydrogen-bond acceptors (Lipinski definition) is 7. The van der Waals surface area contributed by atoms with Crippen molar-refractivity contribution in [2.45, 2.75) is 5.75 Å². The number of aromatic nitrogens is 3. The summed E-state index contributed by atoms with van der Waals surface area (Å²) in [6.07, 6.45) is 0. The quantitative estimate of drug-likeness (QED) is 0.561. The van der Waals surface area contributed by atoms with E-state index in [0.717, 1.165) is 11.4 Å². The summed E-state index contributed by atoms with van der Waals surface area (Å²) >= 11 is 7.71. The van der Waals surface area contributed by atoms with Crippen LogP contribution in [0.4, 0.5) is 17.6 Å². The van der Waals surface area contributed by atoms with Crippen molar-refractivity contribution in [1.82, 2.24) is 15.0 Å². The predicted molar refractivity (Wildman–Crippen MR) is 107 cm³/mol. The molecule has 26 heavy (non-hydrogen) atoms. The second kappa shape index (κ2) is 9.26. The van der Waals surface area contributed by atoms with Crippen molar-refractivity contribution in [2.75, 3.05) is 23.4 Å². The number of hydrogen-bond donors (Lipinski definition) is 2. The molecule has 0 aliphatic rings. The fraction of sp³-hybridized carbons (Fsp3) is 0.167. The number of nitrogens with one attached hydrogen (secondary N) is 1. The molecule has 0 radical (unpaired) electrons. The van der Waals surface area contributed by atoms with Crippen LogP contribution in [-0.4, -0.2) is 27.3 Å². The average Bonchev–Trinajstić information content (AvgIpc) is 2.63. The molecule has 0 saturated heterocycles. The molecule has 134 valence electrons. The van der Waals surface area contributed by atoms with Crippen molar-refractivity contribution >= 4 is 40.9 Å². The van der Waals surface area contributed by atoms with Crippen molar-refractivity contribution in [3.8, 4) is 5.75 Å². The number of para-hydroxylation sites is 2. The van der Waals surface area contributed by atoms with Gasteiger partial charge >= 0.3 is 0 Å². The van der Waals surface area contributed by atoms with Crippen LogP contribution in [0.15, 0.2) is 54.6 Å². The molecule has 3 rings (SSSR count). The minimum Gasteiger partial charge on any atom is -0.491 e. The topological polar surface area (TPSA) is 86.0 Å². The number of benzene rings is 2. The van der Waals surface area contributed by atoms with E-state index in [1.165, 1.54) is 0 Å². The number of nitrogens with two attached hydrogens (primary N) is 1. The summed E-state index contributed by atoms with van der Waals surface area (Å²) in [5.74, 6) is 3.33. The molecule has 1 heterocycles. The zero-order valence-corrected chi connectivity index (χ0v) is 15.5. The Labute approximate surface area is 161 Å². The van der Waals surface area contributed by atoms with Gasteiger partial charge in [-0.1, -0.05) is 41.9 Å². The Balaban J connectivity index is 1.49. The monoisotopic (exact) mass is 387 g/mol. The highest BCUT2D eigenvalue weighted by Gasteiger charge is 2.06. The fourth-order valence-electron chi connectivity index (χ4n) is 2.14. The largest absolute Gasteiger partial charge is 0.491 e. The Morgan fingerprint density at radius 2 is 1.77 bits per heavy atom. The van der Waals surface area contributed by atoms with E-state index in [4.69, 9.17) is 22.1 Å². The highest BCUT2D eigenvalue weighted by molar-refractivity contribution is 7.98. The maximum atomic E-state index is 6.05. The van der Waals surface area contributed by atoms with E-state index in [2.05, 4.69) is 20.3 Å². The standard InChI is InChI=1S/C18H18ClN5OS/c19-14-8-4-5-9-15(14)25-10-11-26-12-16-22-17(20)24-18(23-16)21-13-6-2-1-3-7-13/h1-9H,10-12H2,(H3,20,21,22,23,24). The molecule has 0 unspecified atom stereocenters. The number of thioether (sulfide) groups is 1. The molecule has 0 atom stereocenters. The smallest absolute Gasteiger partial charge is 0.232 e. The Hall–Kier alpha value is -2.51. The first-order chi connectivity index (χ1) is 12.7. The summed E-state index contributed by atoms with van der Waals surface area (Å²) in [7, 11) is 0. The molecule has 0 bridgehead atoms. The zero-order chi connectivity index (χ0) is 18.2. The lowest BCUT2D eigenvalue weighted by Crippen LogP contribution is -2.07. The number of anilines is 3. The van der Waals surface area contributed by atoms with Gasteiger partial charge in [0.2, 0.25) is 11.9 Å². The third kappa shape index (κ3) is 5.50. The highest BCUT2D eigenvalue weighted by Crippen LogP contribution is 2.23. The van der Waals surface area contributed by atoms with Gasteiger partial charge in [0.25, 0.3) is 0 Å². The molecular formula is C18H18ClN5OS. The van der Waals surface area contributed by atoms with Gasteiger partial charge in [0.1, 0.15) is 11.6 Å². The van der Waals surface area contributed by atoms with Gasteiger partial charge in [-0.3, -0.25) is 0 Å². The molecule has 0 fully saturated rings. The van der Waals surface area contributed by atoms with Gasteiger partial charge in [0.05, 0.1) is 17.4 Å². The molecule has 3 aromatic rings. The van der Waals surface area contributed by atoms with Crippen LogP contribution in [0.3, 0.4) is 0 Å². The van der Waals surface area contributed by atoms with Crippen molar-refractivity contribution in [3.05, 3.63) is 65.4 Å². The highest BCUT2D eigenvalue weighted by atomic mass is 35.5. The molecule has 3 N–H and O–H groups in total. The number of nitrogen functional groups attached to an aromatic ring is 1. The Morgan fingerprint density at radius 3 is 2.58 bits per heavy atom. The van der Waals surface area contributed by atoms with Gasteiger partial charge in [0, 0.05) is 11.4 Å². The van der Waals surface area contributed by atoms with E-state index in [9.17, 15) is 0 Å². The second-order valence-corrected chi connectivity index (χ2v) is 6.77. The van der Waals surface area contributed by atoms with Gasteiger partial charge in [-0.15, -0.1) is 0 Å². The lowest BCUT2D eigenvalue weighted by Gasteiger charge is -2.08. The molecule has 1 aromatic heterocycles. The minimum absolute atomic E-state index is 0.196. The van der Waals surface area contributed by atoms with Crippen LogP contribution in [-0.2, 0) is 5.75 Å². The maximum absolute atomic E-state index is 6.05. The van der Waals surface area contributed by atoms with E-state index in [1.807, 2.05) is 48.5 Å². The molecule has 8 heteroatoms. The first kappa shape index (κ1) is 18.3. The van der Waals surface area contributed by atoms with Crippen LogP contribution in [0, 0.1) is 0 Å². The Kier molecular flexibility index (Phi) is 6.51. The summed E-state index contributed by atoms with van der Waals surface area (Å²) in [5.41, 5.74) is 6.68. The second-order valence-electron chi connectivity index (χ2n) is 5.26. The third-order valence-corrected chi connectivity index (χ3v) is 4.51. The van der Waals surface area contributed by atoms with Crippen LogP contribution < -0.4 is 15.8 Å². The summed E-state index contributed by atoms with van der Waals surface area (Å²) in [6.45, 7) is 0.546. The van der Waals surface area contributed by atoms with Gasteiger partial charge in [-0.2, -0.15) is 26.7 Å². The summed E-state index contributed by atoms with van der Waals surface area (Å²) in [6, 6.07) is 17.1. The summed E-state index contributed by atoms with van der Waals surface area (Å²) in [5, 5.41) is 3.73. The Morgan fingerprint density at radius 1 is 1.00 bits per heavy atom. The maximum Gasteiger partial charge on any atom is 0.232 e. The number of nitrogens with zero attached hydrogens (tertiary/aromatic N) is 3. The molecule has 0 saturated carbocycles. The first-order valence-electron chi connectivity index (χ1n) is 7.98. The lowest BCUT2D eigenvalue weighted by atomic mass is 10.3.